The number of carbonyl (C=O) groups excluding carboxylic acids is 1. The molecule has 0 atom stereocenters. The van der Waals surface area contributed by atoms with Gasteiger partial charge in [-0.2, -0.15) is 0 Å². The number of benzene rings is 1. The van der Waals surface area contributed by atoms with Crippen LogP contribution < -0.4 is 5.73 Å². The molecule has 0 bridgehead atoms. The van der Waals surface area contributed by atoms with Crippen LogP contribution in [0.25, 0.3) is 0 Å². The average Bonchev–Trinajstić information content (AvgIpc) is 2.41. The molecule has 19 heavy (non-hydrogen) atoms. The van der Waals surface area contributed by atoms with Crippen LogP contribution in [-0.4, -0.2) is 12.6 Å². The van der Waals surface area contributed by atoms with Crippen LogP contribution in [0.5, 0.6) is 0 Å². The highest BCUT2D eigenvalue weighted by molar-refractivity contribution is 5.96. The first-order valence-corrected chi connectivity index (χ1v) is 7.12. The lowest BCUT2D eigenvalue weighted by atomic mass is 9.90. The van der Waals surface area contributed by atoms with Crippen LogP contribution in [0.4, 0.5) is 5.69 Å². The molecule has 1 saturated carbocycles. The molecule has 0 amide bonds. The lowest BCUT2D eigenvalue weighted by Crippen LogP contribution is -2.18. The number of aryl methyl sites for hydroxylation is 2. The zero-order valence-corrected chi connectivity index (χ0v) is 11.9. The smallest absolute Gasteiger partial charge is 0.340 e. The van der Waals surface area contributed by atoms with Crippen LogP contribution in [0.15, 0.2) is 12.1 Å². The lowest BCUT2D eigenvalue weighted by molar-refractivity contribution is 0.0411. The van der Waals surface area contributed by atoms with Crippen molar-refractivity contribution in [1.82, 2.24) is 0 Å². The number of anilines is 1. The van der Waals surface area contributed by atoms with Crippen LogP contribution in [0, 0.1) is 19.8 Å². The standard InChI is InChI=1S/C16H23NO2/c1-11-8-12(2)15(17)14(9-11)16(18)19-10-13-6-4-3-5-7-13/h8-9,13H,3-7,10,17H2,1-2H3. The van der Waals surface area contributed by atoms with E-state index in [4.69, 9.17) is 10.5 Å². The normalized spacial score (nSPS) is 16.3. The van der Waals surface area contributed by atoms with E-state index in [1.54, 1.807) is 0 Å². The first-order valence-electron chi connectivity index (χ1n) is 7.12. The fourth-order valence-electron chi connectivity index (χ4n) is 2.77. The van der Waals surface area contributed by atoms with Gasteiger partial charge in [0.15, 0.2) is 0 Å². The van der Waals surface area contributed by atoms with Crippen molar-refractivity contribution in [2.45, 2.75) is 46.0 Å². The van der Waals surface area contributed by atoms with Crippen LogP contribution in [-0.2, 0) is 4.74 Å². The van der Waals surface area contributed by atoms with Gasteiger partial charge in [0, 0.05) is 5.69 Å². The van der Waals surface area contributed by atoms with Crippen molar-refractivity contribution in [1.29, 1.82) is 0 Å². The summed E-state index contributed by atoms with van der Waals surface area (Å²) >= 11 is 0. The summed E-state index contributed by atoms with van der Waals surface area (Å²) in [7, 11) is 0. The van der Waals surface area contributed by atoms with Crippen LogP contribution in [0.3, 0.4) is 0 Å². The van der Waals surface area contributed by atoms with Gasteiger partial charge < -0.3 is 10.5 Å². The molecule has 0 aliphatic heterocycles. The molecule has 2 rings (SSSR count). The van der Waals surface area contributed by atoms with E-state index in [-0.39, 0.29) is 5.97 Å². The third-order valence-corrected chi connectivity index (χ3v) is 3.93. The van der Waals surface area contributed by atoms with E-state index in [9.17, 15) is 4.79 Å². The summed E-state index contributed by atoms with van der Waals surface area (Å²) in [6.45, 7) is 4.41. The molecular weight excluding hydrogens is 238 g/mol. The first kappa shape index (κ1) is 13.9. The Kier molecular flexibility index (Phi) is 4.46. The van der Waals surface area contributed by atoms with Gasteiger partial charge in [-0.05, 0) is 49.8 Å². The first-order chi connectivity index (χ1) is 9.08. The maximum Gasteiger partial charge on any atom is 0.340 e. The van der Waals surface area contributed by atoms with Crippen molar-refractivity contribution in [3.63, 3.8) is 0 Å². The Morgan fingerprint density at radius 2 is 1.95 bits per heavy atom. The van der Waals surface area contributed by atoms with Crippen LogP contribution in [0.1, 0.15) is 53.6 Å². The van der Waals surface area contributed by atoms with Gasteiger partial charge in [0.05, 0.1) is 12.2 Å². The largest absolute Gasteiger partial charge is 0.462 e. The van der Waals surface area contributed by atoms with E-state index in [1.165, 1.54) is 32.1 Å². The molecule has 0 aromatic heterocycles. The van der Waals surface area contributed by atoms with Gasteiger partial charge in [-0.15, -0.1) is 0 Å². The highest BCUT2D eigenvalue weighted by Crippen LogP contribution is 2.25. The quantitative estimate of drug-likeness (QED) is 0.668. The third-order valence-electron chi connectivity index (χ3n) is 3.93. The third kappa shape index (κ3) is 3.49. The summed E-state index contributed by atoms with van der Waals surface area (Å²) in [5, 5.41) is 0. The van der Waals surface area contributed by atoms with Gasteiger partial charge in [0.25, 0.3) is 0 Å². The Morgan fingerprint density at radius 3 is 2.63 bits per heavy atom. The van der Waals surface area contributed by atoms with Crippen LogP contribution >= 0.6 is 0 Å². The second kappa shape index (κ2) is 6.09. The zero-order chi connectivity index (χ0) is 13.8. The van der Waals surface area contributed by atoms with Gasteiger partial charge in [-0.3, -0.25) is 0 Å². The number of ether oxygens (including phenoxy) is 1. The molecule has 1 aromatic carbocycles. The molecule has 1 fully saturated rings. The fourth-order valence-corrected chi connectivity index (χ4v) is 2.77. The minimum atomic E-state index is -0.283. The van der Waals surface area contributed by atoms with Gasteiger partial charge >= 0.3 is 5.97 Å². The number of hydrogen-bond donors (Lipinski definition) is 1. The molecule has 3 heteroatoms. The predicted molar refractivity (Wildman–Crippen MR) is 77.2 cm³/mol. The molecular formula is C16H23NO2. The lowest BCUT2D eigenvalue weighted by Gasteiger charge is -2.21. The number of nitrogens with two attached hydrogens (primary N) is 1. The van der Waals surface area contributed by atoms with E-state index in [1.807, 2.05) is 26.0 Å². The second-order valence-corrected chi connectivity index (χ2v) is 5.65. The fraction of sp³-hybridized carbons (Fsp3) is 0.562. The topological polar surface area (TPSA) is 52.3 Å². The zero-order valence-electron chi connectivity index (χ0n) is 11.9. The molecule has 0 radical (unpaired) electrons. The molecule has 0 heterocycles. The van der Waals surface area contributed by atoms with Crippen molar-refractivity contribution in [2.24, 2.45) is 5.92 Å². The van der Waals surface area contributed by atoms with Crippen molar-refractivity contribution >= 4 is 11.7 Å². The Morgan fingerprint density at radius 1 is 1.26 bits per heavy atom. The molecule has 3 nitrogen and oxygen atoms in total. The molecule has 104 valence electrons. The maximum atomic E-state index is 12.1. The Bertz CT molecular complexity index is 462. The molecule has 1 aromatic rings. The maximum absolute atomic E-state index is 12.1. The SMILES string of the molecule is Cc1cc(C)c(N)c(C(=O)OCC2CCCCC2)c1. The predicted octanol–water partition coefficient (Wildman–Crippen LogP) is 3.62. The van der Waals surface area contributed by atoms with Gasteiger partial charge in [-0.25, -0.2) is 4.79 Å². The van der Waals surface area contributed by atoms with Gasteiger partial charge in [0.1, 0.15) is 0 Å². The Balaban J connectivity index is 1.99. The summed E-state index contributed by atoms with van der Waals surface area (Å²) < 4.78 is 5.44. The van der Waals surface area contributed by atoms with Crippen molar-refractivity contribution in [3.8, 4) is 0 Å². The number of carbonyl (C=O) groups is 1. The number of esters is 1. The van der Waals surface area contributed by atoms with Crippen molar-refractivity contribution in [2.75, 3.05) is 12.3 Å². The van der Waals surface area contributed by atoms with Crippen molar-refractivity contribution in [3.05, 3.63) is 28.8 Å². The average molecular weight is 261 g/mol. The van der Waals surface area contributed by atoms with E-state index in [2.05, 4.69) is 0 Å². The van der Waals surface area contributed by atoms with E-state index >= 15 is 0 Å². The Labute approximate surface area is 115 Å². The highest BCUT2D eigenvalue weighted by Gasteiger charge is 2.18. The summed E-state index contributed by atoms with van der Waals surface area (Å²) in [5.74, 6) is 0.250. The monoisotopic (exact) mass is 261 g/mol. The number of hydrogen-bond acceptors (Lipinski definition) is 3. The molecule has 0 unspecified atom stereocenters. The number of nitrogen functional groups attached to an aromatic ring is 1. The molecule has 1 aliphatic rings. The minimum Gasteiger partial charge on any atom is -0.462 e. The van der Waals surface area contributed by atoms with Crippen molar-refractivity contribution < 1.29 is 9.53 Å². The Hall–Kier alpha value is -1.51. The van der Waals surface area contributed by atoms with E-state index < -0.39 is 0 Å². The summed E-state index contributed by atoms with van der Waals surface area (Å²) in [5.41, 5.74) is 8.98. The van der Waals surface area contributed by atoms with E-state index in [0.717, 1.165) is 11.1 Å². The summed E-state index contributed by atoms with van der Waals surface area (Å²) in [6.07, 6.45) is 6.18. The molecule has 0 spiro atoms. The number of rotatable bonds is 3. The highest BCUT2D eigenvalue weighted by atomic mass is 16.5. The van der Waals surface area contributed by atoms with Crippen LogP contribution in [0.2, 0.25) is 0 Å². The molecule has 2 N–H and O–H groups in total. The second-order valence-electron chi connectivity index (χ2n) is 5.65. The summed E-state index contributed by atoms with van der Waals surface area (Å²) in [6, 6.07) is 3.79. The summed E-state index contributed by atoms with van der Waals surface area (Å²) in [4.78, 5) is 12.1. The molecule has 0 saturated heterocycles. The van der Waals surface area contributed by atoms with Gasteiger partial charge in [0.2, 0.25) is 0 Å². The molecule has 1 aliphatic carbocycles. The van der Waals surface area contributed by atoms with Gasteiger partial charge in [-0.1, -0.05) is 25.3 Å². The minimum absolute atomic E-state index is 0.283. The van der Waals surface area contributed by atoms with E-state index in [0.29, 0.717) is 23.8 Å².